The van der Waals surface area contributed by atoms with Gasteiger partial charge in [-0.05, 0) is 100 Å². The summed E-state index contributed by atoms with van der Waals surface area (Å²) in [6, 6.07) is 36.6. The average molecular weight is 677 g/mol. The summed E-state index contributed by atoms with van der Waals surface area (Å²) in [5, 5.41) is 2.31. The molecule has 0 radical (unpaired) electrons. The molecule has 4 heteroatoms. The van der Waals surface area contributed by atoms with Crippen LogP contribution in [0.25, 0.3) is 61.2 Å². The summed E-state index contributed by atoms with van der Waals surface area (Å²) < 4.78 is 4.92. The van der Waals surface area contributed by atoms with E-state index in [2.05, 4.69) is 150 Å². The number of aromatic nitrogens is 4. The van der Waals surface area contributed by atoms with Gasteiger partial charge in [0.1, 0.15) is 0 Å². The number of pyridine rings is 4. The van der Waals surface area contributed by atoms with Gasteiger partial charge in [0.2, 0.25) is 11.4 Å². The first-order chi connectivity index (χ1) is 25.2. The van der Waals surface area contributed by atoms with E-state index in [1.54, 1.807) is 0 Å². The molecule has 0 spiro atoms. The lowest BCUT2D eigenvalue weighted by atomic mass is 9.77. The smallest absolute Gasteiger partial charge is 0.218 e. The highest BCUT2D eigenvalue weighted by molar-refractivity contribution is 6.04. The van der Waals surface area contributed by atoms with Crippen molar-refractivity contribution in [1.82, 2.24) is 9.97 Å². The van der Waals surface area contributed by atoms with Gasteiger partial charge in [0.15, 0.2) is 24.1 Å². The molecule has 2 aliphatic heterocycles. The SMILES string of the molecule is C=C1CC2C(CCc3ccc(-c4ccc(-c5cccnc5)c5cnccc45)cc3-c3cc(C(C)(C)C)cc[n+]31)c1ccccc1-c1cc(C)cc[n+]12. The Bertz CT molecular complexity index is 2520. The lowest BCUT2D eigenvalue weighted by Crippen LogP contribution is -2.49. The maximum Gasteiger partial charge on any atom is 0.218 e. The Morgan fingerprint density at radius 3 is 2.35 bits per heavy atom. The Morgan fingerprint density at radius 1 is 0.692 bits per heavy atom. The normalized spacial score (nSPS) is 16.7. The monoisotopic (exact) mass is 676 g/mol. The second kappa shape index (κ2) is 12.5. The third kappa shape index (κ3) is 5.45. The Labute approximate surface area is 306 Å². The molecule has 2 atom stereocenters. The fourth-order valence-electron chi connectivity index (χ4n) is 8.68. The van der Waals surface area contributed by atoms with Crippen molar-refractivity contribution in [3.63, 3.8) is 0 Å². The number of hydrogen-bond donors (Lipinski definition) is 0. The number of benzene rings is 3. The molecule has 0 amide bonds. The summed E-state index contributed by atoms with van der Waals surface area (Å²) in [5.41, 5.74) is 16.3. The number of allylic oxidation sites excluding steroid dienone is 1. The van der Waals surface area contributed by atoms with Crippen LogP contribution >= 0.6 is 0 Å². The number of aryl methyl sites for hydroxylation is 2. The van der Waals surface area contributed by atoms with E-state index in [0.717, 1.165) is 41.5 Å². The van der Waals surface area contributed by atoms with Crippen LogP contribution in [0.5, 0.6) is 0 Å². The number of nitrogens with zero attached hydrogens (tertiary/aromatic N) is 4. The zero-order valence-electron chi connectivity index (χ0n) is 30.5. The first-order valence-corrected chi connectivity index (χ1v) is 18.5. The maximum atomic E-state index is 4.83. The van der Waals surface area contributed by atoms with Crippen LogP contribution in [-0.4, -0.2) is 9.97 Å². The van der Waals surface area contributed by atoms with Gasteiger partial charge in [-0.15, -0.1) is 0 Å². The van der Waals surface area contributed by atoms with Crippen LogP contribution in [0, 0.1) is 6.92 Å². The molecule has 0 aliphatic carbocycles. The summed E-state index contributed by atoms with van der Waals surface area (Å²) in [6.45, 7) is 13.9. The van der Waals surface area contributed by atoms with E-state index in [-0.39, 0.29) is 11.5 Å². The van der Waals surface area contributed by atoms with Crippen LogP contribution in [-0.2, 0) is 11.8 Å². The lowest BCUT2D eigenvalue weighted by molar-refractivity contribution is -0.720. The minimum absolute atomic E-state index is 0.000170. The van der Waals surface area contributed by atoms with Crippen LogP contribution in [0.3, 0.4) is 0 Å². The highest BCUT2D eigenvalue weighted by Crippen LogP contribution is 2.45. The van der Waals surface area contributed by atoms with E-state index < -0.39 is 0 Å². The summed E-state index contributed by atoms with van der Waals surface area (Å²) in [5.74, 6) is 0.355. The summed E-state index contributed by atoms with van der Waals surface area (Å²) in [6.07, 6.45) is 15.1. The quantitative estimate of drug-likeness (QED) is 0.171. The average Bonchev–Trinajstić information content (AvgIpc) is 3.16. The summed E-state index contributed by atoms with van der Waals surface area (Å²) in [4.78, 5) is 8.95. The Morgan fingerprint density at radius 2 is 1.52 bits per heavy atom. The third-order valence-corrected chi connectivity index (χ3v) is 11.4. The second-order valence-electron chi connectivity index (χ2n) is 15.7. The standard InChI is InChI=1S/C48H44N4/c1-31-19-23-52-45(25-31)41-11-7-6-10-39(41)42-15-14-33-12-13-34(37-16-17-38(35-9-8-21-49-29-35)44-30-50-22-18-40(37)44)27-43(33)47-28-36(48(3,4)5)20-24-51(47)32(2)26-46(42)52/h6-13,16-25,27-30,42,46H,2,14-15,26H2,1,3-5H3/q+2. The first-order valence-electron chi connectivity index (χ1n) is 18.5. The number of hydrogen-bond acceptors (Lipinski definition) is 2. The first kappa shape index (κ1) is 32.2. The maximum absolute atomic E-state index is 4.83. The fraction of sp³-hybridized carbons (Fsp3) is 0.208. The molecule has 2 unspecified atom stereocenters. The summed E-state index contributed by atoms with van der Waals surface area (Å²) in [7, 11) is 0. The predicted octanol–water partition coefficient (Wildman–Crippen LogP) is 10.6. The second-order valence-corrected chi connectivity index (χ2v) is 15.7. The van der Waals surface area contributed by atoms with Crippen molar-refractivity contribution in [3.05, 3.63) is 163 Å². The molecule has 9 rings (SSSR count). The zero-order valence-corrected chi connectivity index (χ0v) is 30.5. The molecule has 254 valence electrons. The molecular formula is C48H44N4+2. The van der Waals surface area contributed by atoms with Crippen molar-refractivity contribution in [2.45, 2.75) is 64.3 Å². The van der Waals surface area contributed by atoms with E-state index in [0.29, 0.717) is 5.92 Å². The van der Waals surface area contributed by atoms with Gasteiger partial charge in [-0.1, -0.05) is 69.3 Å². The van der Waals surface area contributed by atoms with Gasteiger partial charge in [-0.25, -0.2) is 0 Å². The topological polar surface area (TPSA) is 33.5 Å². The van der Waals surface area contributed by atoms with Crippen molar-refractivity contribution in [2.75, 3.05) is 0 Å². The third-order valence-electron chi connectivity index (χ3n) is 11.4. The van der Waals surface area contributed by atoms with Crippen LogP contribution < -0.4 is 9.13 Å². The van der Waals surface area contributed by atoms with Gasteiger partial charge in [-0.3, -0.25) is 9.97 Å². The minimum Gasteiger partial charge on any atom is -0.264 e. The number of rotatable bonds is 2. The van der Waals surface area contributed by atoms with Crippen LogP contribution in [0.4, 0.5) is 0 Å². The molecule has 0 saturated carbocycles. The molecule has 3 aromatic carbocycles. The predicted molar refractivity (Wildman–Crippen MR) is 212 cm³/mol. The van der Waals surface area contributed by atoms with Crippen molar-refractivity contribution in [2.24, 2.45) is 0 Å². The lowest BCUT2D eigenvalue weighted by Gasteiger charge is -2.31. The number of fused-ring (bicyclic) bond motifs is 10. The van der Waals surface area contributed by atoms with Crippen molar-refractivity contribution >= 4 is 16.5 Å². The highest BCUT2D eigenvalue weighted by Gasteiger charge is 2.42. The zero-order chi connectivity index (χ0) is 35.6. The van der Waals surface area contributed by atoms with Crippen molar-refractivity contribution in [1.29, 1.82) is 0 Å². The Hall–Kier alpha value is -5.74. The molecule has 7 aromatic rings. The van der Waals surface area contributed by atoms with Gasteiger partial charge >= 0.3 is 0 Å². The molecule has 4 aromatic heterocycles. The molecule has 4 nitrogen and oxygen atoms in total. The van der Waals surface area contributed by atoms with Gasteiger partial charge in [0.05, 0.1) is 12.0 Å². The Balaban J connectivity index is 1.23. The van der Waals surface area contributed by atoms with E-state index in [4.69, 9.17) is 6.58 Å². The minimum atomic E-state index is 0.000170. The van der Waals surface area contributed by atoms with Crippen molar-refractivity contribution < 1.29 is 9.13 Å². The van der Waals surface area contributed by atoms with Crippen LogP contribution in [0.1, 0.15) is 67.8 Å². The van der Waals surface area contributed by atoms with Crippen molar-refractivity contribution in [3.8, 4) is 44.8 Å². The van der Waals surface area contributed by atoms with Gasteiger partial charge in [0, 0.05) is 71.5 Å². The Kier molecular flexibility index (Phi) is 7.73. The summed E-state index contributed by atoms with van der Waals surface area (Å²) >= 11 is 0. The van der Waals surface area contributed by atoms with E-state index >= 15 is 0 Å². The molecule has 0 bridgehead atoms. The van der Waals surface area contributed by atoms with E-state index in [1.807, 2.05) is 30.9 Å². The molecular weight excluding hydrogens is 633 g/mol. The molecule has 0 fully saturated rings. The van der Waals surface area contributed by atoms with Crippen LogP contribution in [0.15, 0.2) is 141 Å². The molecule has 0 N–H and O–H groups in total. The molecule has 52 heavy (non-hydrogen) atoms. The van der Waals surface area contributed by atoms with Gasteiger partial charge in [-0.2, -0.15) is 9.13 Å². The molecule has 2 aliphatic rings. The van der Waals surface area contributed by atoms with Gasteiger partial charge < -0.3 is 0 Å². The van der Waals surface area contributed by atoms with E-state index in [1.165, 1.54) is 61.3 Å². The van der Waals surface area contributed by atoms with Gasteiger partial charge in [0.25, 0.3) is 0 Å². The largest absolute Gasteiger partial charge is 0.264 e. The van der Waals surface area contributed by atoms with Crippen LogP contribution in [0.2, 0.25) is 0 Å². The molecule has 0 saturated heterocycles. The highest BCUT2D eigenvalue weighted by atomic mass is 15.0. The fourth-order valence-corrected chi connectivity index (χ4v) is 8.68. The van der Waals surface area contributed by atoms with E-state index in [9.17, 15) is 0 Å². The molecule has 6 heterocycles.